The third kappa shape index (κ3) is 3.81. The van der Waals surface area contributed by atoms with Crippen molar-refractivity contribution < 1.29 is 9.18 Å². The summed E-state index contributed by atoms with van der Waals surface area (Å²) < 4.78 is 16.7. The molecule has 1 aliphatic carbocycles. The van der Waals surface area contributed by atoms with Gasteiger partial charge in [0.2, 0.25) is 0 Å². The molecule has 1 fully saturated rings. The number of nitrogens with one attached hydrogen (secondary N) is 2. The van der Waals surface area contributed by atoms with E-state index < -0.39 is 0 Å². The quantitative estimate of drug-likeness (QED) is 0.446. The Kier molecular flexibility index (Phi) is 4.86. The number of imidazole rings is 1. The number of nitrogens with zero attached hydrogens (tertiary/aromatic N) is 4. The van der Waals surface area contributed by atoms with Crippen LogP contribution >= 0.6 is 0 Å². The number of fused-ring (bicyclic) bond motifs is 1. The summed E-state index contributed by atoms with van der Waals surface area (Å²) in [6, 6.07) is 12.4. The van der Waals surface area contributed by atoms with Crippen molar-refractivity contribution in [1.82, 2.24) is 24.8 Å². The van der Waals surface area contributed by atoms with Gasteiger partial charge in [-0.3, -0.25) is 4.79 Å². The van der Waals surface area contributed by atoms with Crippen LogP contribution in [0.3, 0.4) is 0 Å². The van der Waals surface area contributed by atoms with Crippen LogP contribution in [0.4, 0.5) is 15.9 Å². The topological polar surface area (TPSA) is 84.7 Å². The number of rotatable bonds is 5. The highest BCUT2D eigenvalue weighted by atomic mass is 19.1. The summed E-state index contributed by atoms with van der Waals surface area (Å²) in [6.45, 7) is 2.70. The summed E-state index contributed by atoms with van der Waals surface area (Å²) >= 11 is 0. The summed E-state index contributed by atoms with van der Waals surface area (Å²) in [5.41, 5.74) is 4.59. The van der Waals surface area contributed by atoms with Crippen LogP contribution in [0.5, 0.6) is 0 Å². The maximum absolute atomic E-state index is 15.0. The van der Waals surface area contributed by atoms with Gasteiger partial charge in [-0.25, -0.2) is 19.3 Å². The molecule has 0 spiro atoms. The summed E-state index contributed by atoms with van der Waals surface area (Å²) in [6.07, 6.45) is 7.51. The molecule has 6 rings (SSSR count). The number of carbonyl (C=O) groups is 1. The summed E-state index contributed by atoms with van der Waals surface area (Å²) in [5.74, 6) is 1.35. The van der Waals surface area contributed by atoms with Crippen molar-refractivity contribution in [2.75, 3.05) is 11.9 Å². The van der Waals surface area contributed by atoms with Gasteiger partial charge in [0, 0.05) is 41.7 Å². The third-order valence-corrected chi connectivity index (χ3v) is 6.41. The standard InChI is InChI=1S/C26H23FN6O/c1-15-12-29-26(34)19-6-5-18(11-20(15)19)31-24-8-9-28-25(32-24)17-4-7-23(21(27)10-17)33-13-22(30-14-33)16-2-3-16/h4-11,13-16H,2-3,12H2,1H3,(H,29,34)(H,28,31,32). The van der Waals surface area contributed by atoms with Gasteiger partial charge < -0.3 is 15.2 Å². The first-order valence-corrected chi connectivity index (χ1v) is 11.4. The predicted octanol–water partition coefficient (Wildman–Crippen LogP) is 4.94. The SMILES string of the molecule is CC1CNC(=O)c2ccc(Nc3ccnc(-c4ccc(-n5cnc(C6CC6)c5)c(F)c4)n3)cc21. The molecule has 2 N–H and O–H groups in total. The number of hydrogen-bond acceptors (Lipinski definition) is 5. The molecule has 1 unspecified atom stereocenters. The third-order valence-electron chi connectivity index (χ3n) is 6.41. The Labute approximate surface area is 196 Å². The van der Waals surface area contributed by atoms with E-state index in [0.717, 1.165) is 29.8 Å². The normalized spacial score (nSPS) is 17.2. The molecule has 2 aromatic carbocycles. The van der Waals surface area contributed by atoms with Crippen molar-refractivity contribution in [1.29, 1.82) is 0 Å². The molecule has 0 radical (unpaired) electrons. The number of amides is 1. The van der Waals surface area contributed by atoms with Crippen LogP contribution in [0.1, 0.15) is 53.2 Å². The second-order valence-corrected chi connectivity index (χ2v) is 8.95. The fraction of sp³-hybridized carbons (Fsp3) is 0.231. The molecule has 170 valence electrons. The lowest BCUT2D eigenvalue weighted by Crippen LogP contribution is -2.33. The second-order valence-electron chi connectivity index (χ2n) is 8.95. The molecule has 1 saturated carbocycles. The van der Waals surface area contributed by atoms with Gasteiger partial charge in [0.15, 0.2) is 5.82 Å². The van der Waals surface area contributed by atoms with E-state index in [2.05, 4.69) is 32.5 Å². The number of benzene rings is 2. The maximum Gasteiger partial charge on any atom is 0.251 e. The number of anilines is 2. The first kappa shape index (κ1) is 20.5. The van der Waals surface area contributed by atoms with Crippen molar-refractivity contribution in [3.8, 4) is 17.1 Å². The zero-order valence-corrected chi connectivity index (χ0v) is 18.6. The van der Waals surface area contributed by atoms with Gasteiger partial charge in [0.05, 0.1) is 17.7 Å². The van der Waals surface area contributed by atoms with E-state index in [0.29, 0.717) is 40.9 Å². The average Bonchev–Trinajstić information content (AvgIpc) is 3.59. The zero-order chi connectivity index (χ0) is 23.2. The molecule has 2 aromatic heterocycles. The lowest BCUT2D eigenvalue weighted by molar-refractivity contribution is 0.0941. The van der Waals surface area contributed by atoms with Crippen molar-refractivity contribution in [2.24, 2.45) is 0 Å². The molecule has 7 nitrogen and oxygen atoms in total. The monoisotopic (exact) mass is 454 g/mol. The Morgan fingerprint density at radius 3 is 2.82 bits per heavy atom. The molecule has 8 heteroatoms. The molecule has 0 bridgehead atoms. The fourth-order valence-electron chi connectivity index (χ4n) is 4.34. The van der Waals surface area contributed by atoms with Gasteiger partial charge in [-0.05, 0) is 66.8 Å². The fourth-order valence-corrected chi connectivity index (χ4v) is 4.34. The molecule has 34 heavy (non-hydrogen) atoms. The molecule has 1 atom stereocenters. The summed E-state index contributed by atoms with van der Waals surface area (Å²) in [5, 5.41) is 6.18. The van der Waals surface area contributed by atoms with Gasteiger partial charge in [0.1, 0.15) is 11.6 Å². The van der Waals surface area contributed by atoms with Crippen LogP contribution < -0.4 is 10.6 Å². The van der Waals surface area contributed by atoms with E-state index >= 15 is 0 Å². The predicted molar refractivity (Wildman–Crippen MR) is 127 cm³/mol. The molecule has 0 saturated heterocycles. The van der Waals surface area contributed by atoms with E-state index in [1.807, 2.05) is 30.5 Å². The van der Waals surface area contributed by atoms with Crippen LogP contribution in [-0.4, -0.2) is 32.0 Å². The average molecular weight is 455 g/mol. The lowest BCUT2D eigenvalue weighted by atomic mass is 9.91. The molecule has 2 aliphatic rings. The highest BCUT2D eigenvalue weighted by molar-refractivity contribution is 5.97. The van der Waals surface area contributed by atoms with Gasteiger partial charge in [-0.15, -0.1) is 0 Å². The molecule has 4 aromatic rings. The van der Waals surface area contributed by atoms with Gasteiger partial charge >= 0.3 is 0 Å². The molecule has 1 aliphatic heterocycles. The number of hydrogen-bond donors (Lipinski definition) is 2. The lowest BCUT2D eigenvalue weighted by Gasteiger charge is -2.23. The minimum absolute atomic E-state index is 0.0473. The van der Waals surface area contributed by atoms with Crippen LogP contribution in [-0.2, 0) is 0 Å². The van der Waals surface area contributed by atoms with E-state index in [9.17, 15) is 9.18 Å². The first-order chi connectivity index (χ1) is 16.5. The first-order valence-electron chi connectivity index (χ1n) is 11.4. The van der Waals surface area contributed by atoms with E-state index in [-0.39, 0.29) is 17.6 Å². The van der Waals surface area contributed by atoms with Gasteiger partial charge in [0.25, 0.3) is 5.91 Å². The maximum atomic E-state index is 15.0. The van der Waals surface area contributed by atoms with E-state index in [1.54, 1.807) is 29.2 Å². The molecule has 1 amide bonds. The van der Waals surface area contributed by atoms with Gasteiger partial charge in [-0.1, -0.05) is 6.92 Å². The molecular formula is C26H23FN6O. The van der Waals surface area contributed by atoms with E-state index in [4.69, 9.17) is 0 Å². The minimum atomic E-state index is -0.360. The number of halogens is 1. The summed E-state index contributed by atoms with van der Waals surface area (Å²) in [4.78, 5) is 25.4. The van der Waals surface area contributed by atoms with Crippen LogP contribution in [0.15, 0.2) is 61.2 Å². The Balaban J connectivity index is 1.25. The smallest absolute Gasteiger partial charge is 0.251 e. The Hall–Kier alpha value is -4.07. The van der Waals surface area contributed by atoms with Crippen molar-refractivity contribution in [2.45, 2.75) is 31.6 Å². The van der Waals surface area contributed by atoms with E-state index in [1.165, 1.54) is 6.07 Å². The highest BCUT2D eigenvalue weighted by Crippen LogP contribution is 2.39. The van der Waals surface area contributed by atoms with Crippen molar-refractivity contribution >= 4 is 17.4 Å². The zero-order valence-electron chi connectivity index (χ0n) is 18.6. The number of aromatic nitrogens is 4. The van der Waals surface area contributed by atoms with Crippen LogP contribution in [0.25, 0.3) is 17.1 Å². The Bertz CT molecular complexity index is 1410. The molecular weight excluding hydrogens is 431 g/mol. The second kappa shape index (κ2) is 8.06. The van der Waals surface area contributed by atoms with Gasteiger partial charge in [-0.2, -0.15) is 0 Å². The van der Waals surface area contributed by atoms with Crippen molar-refractivity contribution in [3.05, 3.63) is 83.8 Å². The molecule has 3 heterocycles. The number of carbonyl (C=O) groups excluding carboxylic acids is 1. The largest absolute Gasteiger partial charge is 0.351 e. The minimum Gasteiger partial charge on any atom is -0.351 e. The van der Waals surface area contributed by atoms with Crippen LogP contribution in [0, 0.1) is 5.82 Å². The summed E-state index contributed by atoms with van der Waals surface area (Å²) in [7, 11) is 0. The van der Waals surface area contributed by atoms with Crippen molar-refractivity contribution in [3.63, 3.8) is 0 Å². The van der Waals surface area contributed by atoms with Crippen LogP contribution in [0.2, 0.25) is 0 Å². The highest BCUT2D eigenvalue weighted by Gasteiger charge is 2.26. The Morgan fingerprint density at radius 2 is 2.00 bits per heavy atom. The Morgan fingerprint density at radius 1 is 1.12 bits per heavy atom.